The summed E-state index contributed by atoms with van der Waals surface area (Å²) in [6, 6.07) is 5.92. The zero-order chi connectivity index (χ0) is 20.1. The van der Waals surface area contributed by atoms with Crippen molar-refractivity contribution in [3.8, 4) is 0 Å². The molecule has 6 nitrogen and oxygen atoms in total. The topological polar surface area (TPSA) is 83.6 Å². The number of nitrogens with one attached hydrogen (secondary N) is 1. The lowest BCUT2D eigenvalue weighted by Gasteiger charge is -2.40. The molecule has 0 spiro atoms. The van der Waals surface area contributed by atoms with Gasteiger partial charge in [-0.3, -0.25) is 9.59 Å². The maximum Gasteiger partial charge on any atom is 0.252 e. The van der Waals surface area contributed by atoms with Gasteiger partial charge in [-0.25, -0.2) is 8.42 Å². The zero-order valence-corrected chi connectivity index (χ0v) is 17.3. The van der Waals surface area contributed by atoms with E-state index in [1.807, 2.05) is 13.8 Å². The van der Waals surface area contributed by atoms with Crippen LogP contribution in [0.15, 0.2) is 29.2 Å². The summed E-state index contributed by atoms with van der Waals surface area (Å²) in [5.41, 5.74) is -0.502. The number of hydrogen-bond acceptors (Lipinski definition) is 4. The molecule has 1 fully saturated rings. The van der Waals surface area contributed by atoms with Crippen molar-refractivity contribution in [3.05, 3.63) is 29.8 Å². The first kappa shape index (κ1) is 21.4. The Labute approximate surface area is 162 Å². The van der Waals surface area contributed by atoms with E-state index in [1.165, 1.54) is 24.3 Å². The summed E-state index contributed by atoms with van der Waals surface area (Å²) in [7, 11) is -3.30. The van der Waals surface area contributed by atoms with E-state index in [9.17, 15) is 18.0 Å². The van der Waals surface area contributed by atoms with Gasteiger partial charge in [-0.05, 0) is 51.0 Å². The van der Waals surface area contributed by atoms with Gasteiger partial charge in [0.15, 0.2) is 9.84 Å². The first-order chi connectivity index (χ1) is 12.8. The van der Waals surface area contributed by atoms with Crippen LogP contribution in [0.3, 0.4) is 0 Å². The normalized spacial score (nSPS) is 16.6. The van der Waals surface area contributed by atoms with Crippen molar-refractivity contribution in [1.29, 1.82) is 0 Å². The van der Waals surface area contributed by atoms with Crippen molar-refractivity contribution in [3.63, 3.8) is 0 Å². The fourth-order valence-electron chi connectivity index (χ4n) is 3.63. The second kappa shape index (κ2) is 8.87. The van der Waals surface area contributed by atoms with Crippen molar-refractivity contribution in [2.24, 2.45) is 0 Å². The number of amides is 2. The van der Waals surface area contributed by atoms with Gasteiger partial charge >= 0.3 is 0 Å². The SMILES string of the molecule is CCN(CC)C(=O)C1(NC(=O)c2ccc(S(=O)(=O)CC)cc2)CCCCC1. The van der Waals surface area contributed by atoms with Gasteiger partial charge in [0.1, 0.15) is 5.54 Å². The largest absolute Gasteiger partial charge is 0.341 e. The van der Waals surface area contributed by atoms with Gasteiger partial charge in [-0.2, -0.15) is 0 Å². The van der Waals surface area contributed by atoms with Crippen LogP contribution >= 0.6 is 0 Å². The molecule has 27 heavy (non-hydrogen) atoms. The minimum absolute atomic E-state index is 0.0139. The minimum Gasteiger partial charge on any atom is -0.341 e. The molecule has 0 atom stereocenters. The number of rotatable bonds is 7. The molecule has 0 bridgehead atoms. The van der Waals surface area contributed by atoms with Gasteiger partial charge < -0.3 is 10.2 Å². The quantitative estimate of drug-likeness (QED) is 0.771. The highest BCUT2D eigenvalue weighted by Gasteiger charge is 2.42. The molecule has 7 heteroatoms. The Morgan fingerprint density at radius 3 is 2.04 bits per heavy atom. The number of nitrogens with zero attached hydrogens (tertiary/aromatic N) is 1. The van der Waals surface area contributed by atoms with E-state index in [2.05, 4.69) is 5.32 Å². The summed E-state index contributed by atoms with van der Waals surface area (Å²) >= 11 is 0. The van der Waals surface area contributed by atoms with Crippen LogP contribution in [0.2, 0.25) is 0 Å². The number of carbonyl (C=O) groups excluding carboxylic acids is 2. The van der Waals surface area contributed by atoms with Gasteiger partial charge in [0, 0.05) is 18.7 Å². The molecule has 150 valence electrons. The predicted molar refractivity (Wildman–Crippen MR) is 105 cm³/mol. The summed E-state index contributed by atoms with van der Waals surface area (Å²) in [5, 5.41) is 2.99. The Kier molecular flexibility index (Phi) is 7.03. The van der Waals surface area contributed by atoms with Gasteiger partial charge in [-0.1, -0.05) is 26.2 Å². The van der Waals surface area contributed by atoms with Gasteiger partial charge in [-0.15, -0.1) is 0 Å². The third-order valence-electron chi connectivity index (χ3n) is 5.38. The maximum absolute atomic E-state index is 13.1. The molecule has 1 saturated carbocycles. The molecular weight excluding hydrogens is 364 g/mol. The van der Waals surface area contributed by atoms with Crippen molar-refractivity contribution < 1.29 is 18.0 Å². The van der Waals surface area contributed by atoms with Crippen LogP contribution in [-0.4, -0.2) is 49.5 Å². The molecule has 1 N–H and O–H groups in total. The van der Waals surface area contributed by atoms with Crippen LogP contribution in [-0.2, 0) is 14.6 Å². The molecule has 1 aliphatic carbocycles. The Bertz CT molecular complexity index is 762. The van der Waals surface area contributed by atoms with Crippen LogP contribution in [0, 0.1) is 0 Å². The van der Waals surface area contributed by atoms with E-state index in [-0.39, 0.29) is 22.5 Å². The lowest BCUT2D eigenvalue weighted by atomic mass is 9.80. The Balaban J connectivity index is 2.25. The lowest BCUT2D eigenvalue weighted by Crippen LogP contribution is -2.60. The highest BCUT2D eigenvalue weighted by atomic mass is 32.2. The fourth-order valence-corrected chi connectivity index (χ4v) is 4.52. The highest BCUT2D eigenvalue weighted by Crippen LogP contribution is 2.30. The molecule has 0 heterocycles. The predicted octanol–water partition coefficient (Wildman–Crippen LogP) is 2.78. The molecule has 2 rings (SSSR count). The molecule has 0 aromatic heterocycles. The number of benzene rings is 1. The van der Waals surface area contributed by atoms with E-state index >= 15 is 0 Å². The molecule has 2 amide bonds. The third kappa shape index (κ3) is 4.69. The molecule has 0 saturated heterocycles. The smallest absolute Gasteiger partial charge is 0.252 e. The number of likely N-dealkylation sites (N-methyl/N-ethyl adjacent to an activating group) is 1. The van der Waals surface area contributed by atoms with Crippen molar-refractivity contribution >= 4 is 21.7 Å². The lowest BCUT2D eigenvalue weighted by molar-refractivity contribution is -0.139. The summed E-state index contributed by atoms with van der Waals surface area (Å²) in [5.74, 6) is -0.344. The third-order valence-corrected chi connectivity index (χ3v) is 7.13. The van der Waals surface area contributed by atoms with Crippen molar-refractivity contribution in [1.82, 2.24) is 10.2 Å². The van der Waals surface area contributed by atoms with Gasteiger partial charge in [0.2, 0.25) is 5.91 Å². The Hall–Kier alpha value is -1.89. The minimum atomic E-state index is -3.30. The summed E-state index contributed by atoms with van der Waals surface area (Å²) < 4.78 is 23.9. The average Bonchev–Trinajstić information content (AvgIpc) is 2.69. The maximum atomic E-state index is 13.1. The highest BCUT2D eigenvalue weighted by molar-refractivity contribution is 7.91. The Morgan fingerprint density at radius 1 is 1.00 bits per heavy atom. The van der Waals surface area contributed by atoms with Crippen LogP contribution < -0.4 is 5.32 Å². The molecule has 0 aliphatic heterocycles. The van der Waals surface area contributed by atoms with Crippen LogP contribution in [0.4, 0.5) is 0 Å². The molecule has 0 radical (unpaired) electrons. The number of carbonyl (C=O) groups is 2. The molecule has 1 aromatic carbocycles. The van der Waals surface area contributed by atoms with Gasteiger partial charge in [0.25, 0.3) is 5.91 Å². The fraction of sp³-hybridized carbons (Fsp3) is 0.600. The first-order valence-electron chi connectivity index (χ1n) is 9.74. The zero-order valence-electron chi connectivity index (χ0n) is 16.5. The van der Waals surface area contributed by atoms with E-state index in [0.29, 0.717) is 31.5 Å². The monoisotopic (exact) mass is 394 g/mol. The van der Waals surface area contributed by atoms with E-state index < -0.39 is 15.4 Å². The van der Waals surface area contributed by atoms with Crippen LogP contribution in [0.25, 0.3) is 0 Å². The van der Waals surface area contributed by atoms with Crippen LogP contribution in [0.1, 0.15) is 63.2 Å². The standard InChI is InChI=1S/C20H30N2O4S/c1-4-22(5-2)19(24)20(14-8-7-9-15-20)21-18(23)16-10-12-17(13-11-16)27(25,26)6-3/h10-13H,4-9,14-15H2,1-3H3,(H,21,23). The number of hydrogen-bond donors (Lipinski definition) is 1. The first-order valence-corrected chi connectivity index (χ1v) is 11.4. The second-order valence-electron chi connectivity index (χ2n) is 7.00. The van der Waals surface area contributed by atoms with Crippen LogP contribution in [0.5, 0.6) is 0 Å². The number of sulfone groups is 1. The second-order valence-corrected chi connectivity index (χ2v) is 9.28. The summed E-state index contributed by atoms with van der Waals surface area (Å²) in [6.45, 7) is 6.67. The molecule has 1 aliphatic rings. The van der Waals surface area contributed by atoms with Crippen molar-refractivity contribution in [2.45, 2.75) is 63.3 Å². The van der Waals surface area contributed by atoms with E-state index in [0.717, 1.165) is 19.3 Å². The average molecular weight is 395 g/mol. The van der Waals surface area contributed by atoms with Gasteiger partial charge in [0.05, 0.1) is 10.6 Å². The van der Waals surface area contributed by atoms with E-state index in [4.69, 9.17) is 0 Å². The summed E-state index contributed by atoms with van der Waals surface area (Å²) in [4.78, 5) is 27.9. The van der Waals surface area contributed by atoms with E-state index in [1.54, 1.807) is 11.8 Å². The van der Waals surface area contributed by atoms with Crippen molar-refractivity contribution in [2.75, 3.05) is 18.8 Å². The molecular formula is C20H30N2O4S. The summed E-state index contributed by atoms with van der Waals surface area (Å²) in [6.07, 6.45) is 4.14. The molecule has 0 unspecified atom stereocenters. The Morgan fingerprint density at radius 2 is 1.56 bits per heavy atom. The molecule has 1 aromatic rings.